The fourth-order valence-electron chi connectivity index (χ4n) is 3.30. The lowest BCUT2D eigenvalue weighted by molar-refractivity contribution is -0.125. The van der Waals surface area contributed by atoms with Crippen molar-refractivity contribution in [3.8, 4) is 0 Å². The van der Waals surface area contributed by atoms with Crippen molar-refractivity contribution in [2.75, 3.05) is 26.7 Å². The standard InChI is InChI=1S/C17H26F3N3O2/c1-5-6-12(14(21-4)17(18,19)20)25-9-16(2,3)23-15(24)13-10-7-22-8-11(10)13/h6,10-11,13,22H,5,7-9H2,1-4H3,(H,23,24)/b12-6+,21-14?/t10-,11+,13?. The second-order valence-electron chi connectivity index (χ2n) is 7.22. The third kappa shape index (κ3) is 4.74. The predicted molar refractivity (Wildman–Crippen MR) is 89.3 cm³/mol. The van der Waals surface area contributed by atoms with Gasteiger partial charge in [-0.25, -0.2) is 0 Å². The van der Waals surface area contributed by atoms with E-state index in [9.17, 15) is 18.0 Å². The van der Waals surface area contributed by atoms with E-state index < -0.39 is 17.4 Å². The van der Waals surface area contributed by atoms with Gasteiger partial charge in [-0.3, -0.25) is 9.79 Å². The van der Waals surface area contributed by atoms with Gasteiger partial charge in [0.1, 0.15) is 12.4 Å². The van der Waals surface area contributed by atoms with E-state index in [2.05, 4.69) is 15.6 Å². The van der Waals surface area contributed by atoms with Crippen LogP contribution in [0.3, 0.4) is 0 Å². The molecule has 8 heteroatoms. The highest BCUT2D eigenvalue weighted by atomic mass is 19.4. The molecule has 1 saturated heterocycles. The molecule has 2 aliphatic rings. The van der Waals surface area contributed by atoms with Gasteiger partial charge in [0.25, 0.3) is 0 Å². The molecule has 0 aromatic carbocycles. The van der Waals surface area contributed by atoms with Crippen LogP contribution in [-0.2, 0) is 9.53 Å². The zero-order valence-corrected chi connectivity index (χ0v) is 15.0. The summed E-state index contributed by atoms with van der Waals surface area (Å²) in [5.74, 6) is 0.431. The van der Waals surface area contributed by atoms with Crippen molar-refractivity contribution in [1.29, 1.82) is 0 Å². The van der Waals surface area contributed by atoms with Crippen molar-refractivity contribution in [2.24, 2.45) is 22.7 Å². The highest BCUT2D eigenvalue weighted by Gasteiger charge is 2.57. The lowest BCUT2D eigenvalue weighted by Gasteiger charge is -2.28. The number of rotatable bonds is 7. The van der Waals surface area contributed by atoms with E-state index in [0.29, 0.717) is 18.3 Å². The first-order valence-corrected chi connectivity index (χ1v) is 8.50. The summed E-state index contributed by atoms with van der Waals surface area (Å²) in [4.78, 5) is 15.7. The van der Waals surface area contributed by atoms with Crippen LogP contribution in [0, 0.1) is 17.8 Å². The summed E-state index contributed by atoms with van der Waals surface area (Å²) in [5.41, 5.74) is -1.82. The monoisotopic (exact) mass is 361 g/mol. The Kier molecular flexibility index (Phi) is 5.81. The molecule has 1 aliphatic heterocycles. The predicted octanol–water partition coefficient (Wildman–Crippen LogP) is 2.29. The molecule has 1 heterocycles. The molecule has 25 heavy (non-hydrogen) atoms. The second kappa shape index (κ2) is 7.35. The molecule has 2 fully saturated rings. The molecule has 1 saturated carbocycles. The summed E-state index contributed by atoms with van der Waals surface area (Å²) in [5, 5.41) is 6.12. The van der Waals surface area contributed by atoms with Gasteiger partial charge in [-0.05, 0) is 51.3 Å². The minimum Gasteiger partial charge on any atom is -0.489 e. The number of fused-ring (bicyclic) bond motifs is 1. The maximum Gasteiger partial charge on any atom is 0.436 e. The topological polar surface area (TPSA) is 62.7 Å². The molecule has 2 N–H and O–H groups in total. The Morgan fingerprint density at radius 1 is 1.32 bits per heavy atom. The van der Waals surface area contributed by atoms with Crippen molar-refractivity contribution in [1.82, 2.24) is 10.6 Å². The first-order chi connectivity index (χ1) is 11.6. The van der Waals surface area contributed by atoms with Crippen LogP contribution < -0.4 is 10.6 Å². The van der Waals surface area contributed by atoms with Crippen LogP contribution in [0.15, 0.2) is 16.8 Å². The molecule has 0 aromatic heterocycles. The molecular formula is C17H26F3N3O2. The molecule has 0 bridgehead atoms. The molecule has 142 valence electrons. The van der Waals surface area contributed by atoms with Gasteiger partial charge in [-0.1, -0.05) is 6.92 Å². The van der Waals surface area contributed by atoms with E-state index in [1.807, 2.05) is 0 Å². The zero-order chi connectivity index (χ0) is 18.8. The summed E-state index contributed by atoms with van der Waals surface area (Å²) in [6.07, 6.45) is -2.85. The summed E-state index contributed by atoms with van der Waals surface area (Å²) in [6.45, 7) is 6.83. The number of nitrogens with one attached hydrogen (secondary N) is 2. The maximum absolute atomic E-state index is 13.0. The lowest BCUT2D eigenvalue weighted by Crippen LogP contribution is -2.48. The largest absolute Gasteiger partial charge is 0.489 e. The van der Waals surface area contributed by atoms with Gasteiger partial charge in [0.05, 0.1) is 5.54 Å². The third-order valence-corrected chi connectivity index (χ3v) is 4.56. The lowest BCUT2D eigenvalue weighted by atomic mass is 10.1. The summed E-state index contributed by atoms with van der Waals surface area (Å²) in [7, 11) is 1.09. The quantitative estimate of drug-likeness (QED) is 0.540. The summed E-state index contributed by atoms with van der Waals surface area (Å²) < 4.78 is 44.5. The SMILES string of the molecule is CC/C=C(/OCC(C)(C)NC(=O)C1[C@H]2CNC[C@@H]12)C(=NC)C(F)(F)F. The average molecular weight is 361 g/mol. The van der Waals surface area contributed by atoms with E-state index in [1.165, 1.54) is 6.08 Å². The Morgan fingerprint density at radius 3 is 2.40 bits per heavy atom. The Balaban J connectivity index is 1.94. The minimum atomic E-state index is -4.58. The zero-order valence-electron chi connectivity index (χ0n) is 15.0. The highest BCUT2D eigenvalue weighted by molar-refractivity contribution is 6.02. The number of aliphatic imine (C=N–C) groups is 1. The van der Waals surface area contributed by atoms with E-state index in [0.717, 1.165) is 20.1 Å². The van der Waals surface area contributed by atoms with Gasteiger partial charge in [0, 0.05) is 13.0 Å². The van der Waals surface area contributed by atoms with Gasteiger partial charge in [0.2, 0.25) is 5.91 Å². The number of carbonyl (C=O) groups excluding carboxylic acids is 1. The van der Waals surface area contributed by atoms with E-state index in [4.69, 9.17) is 4.74 Å². The van der Waals surface area contributed by atoms with Crippen LogP contribution in [0.2, 0.25) is 0 Å². The summed E-state index contributed by atoms with van der Waals surface area (Å²) >= 11 is 0. The van der Waals surface area contributed by atoms with Gasteiger partial charge < -0.3 is 15.4 Å². The van der Waals surface area contributed by atoms with Crippen molar-refractivity contribution >= 4 is 11.6 Å². The van der Waals surface area contributed by atoms with Crippen molar-refractivity contribution < 1.29 is 22.7 Å². The molecule has 3 atom stereocenters. The average Bonchev–Trinajstić information content (AvgIpc) is 2.97. The fourth-order valence-corrected chi connectivity index (χ4v) is 3.30. The molecule has 2 rings (SSSR count). The van der Waals surface area contributed by atoms with Gasteiger partial charge in [-0.15, -0.1) is 0 Å². The number of ether oxygens (including phenoxy) is 1. The molecular weight excluding hydrogens is 335 g/mol. The van der Waals surface area contributed by atoms with E-state index in [-0.39, 0.29) is 24.2 Å². The maximum atomic E-state index is 13.0. The van der Waals surface area contributed by atoms with Crippen LogP contribution >= 0.6 is 0 Å². The molecule has 1 aliphatic carbocycles. The number of hydrogen-bond acceptors (Lipinski definition) is 4. The van der Waals surface area contributed by atoms with Crippen molar-refractivity contribution in [2.45, 2.75) is 38.9 Å². The van der Waals surface area contributed by atoms with Crippen LogP contribution in [0.5, 0.6) is 0 Å². The number of amides is 1. The van der Waals surface area contributed by atoms with Gasteiger partial charge in [0.15, 0.2) is 5.71 Å². The van der Waals surface area contributed by atoms with Gasteiger partial charge >= 0.3 is 6.18 Å². The van der Waals surface area contributed by atoms with Crippen molar-refractivity contribution in [3.63, 3.8) is 0 Å². The minimum absolute atomic E-state index is 0.00844. The van der Waals surface area contributed by atoms with Crippen LogP contribution in [0.25, 0.3) is 0 Å². The molecule has 0 aromatic rings. The number of hydrogen-bond donors (Lipinski definition) is 2. The highest BCUT2D eigenvalue weighted by Crippen LogP contribution is 2.48. The van der Waals surface area contributed by atoms with E-state index >= 15 is 0 Å². The van der Waals surface area contributed by atoms with E-state index in [1.54, 1.807) is 20.8 Å². The Morgan fingerprint density at radius 2 is 1.92 bits per heavy atom. The number of halogens is 3. The van der Waals surface area contributed by atoms with Crippen LogP contribution in [0.4, 0.5) is 13.2 Å². The number of alkyl halides is 3. The summed E-state index contributed by atoms with van der Waals surface area (Å²) in [6, 6.07) is 0. The first kappa shape index (κ1) is 19.8. The number of allylic oxidation sites excluding steroid dienone is 2. The third-order valence-electron chi connectivity index (χ3n) is 4.56. The molecule has 0 radical (unpaired) electrons. The smallest absolute Gasteiger partial charge is 0.436 e. The fraction of sp³-hybridized carbons (Fsp3) is 0.765. The molecule has 1 unspecified atom stereocenters. The number of carbonyl (C=O) groups is 1. The first-order valence-electron chi connectivity index (χ1n) is 8.50. The second-order valence-corrected chi connectivity index (χ2v) is 7.22. The van der Waals surface area contributed by atoms with Crippen LogP contribution in [0.1, 0.15) is 27.2 Å². The Labute approximate surface area is 146 Å². The van der Waals surface area contributed by atoms with Crippen LogP contribution in [-0.4, -0.2) is 50.1 Å². The Hall–Kier alpha value is -1.57. The van der Waals surface area contributed by atoms with Crippen molar-refractivity contribution in [3.05, 3.63) is 11.8 Å². The number of piperidine rings is 1. The normalized spacial score (nSPS) is 27.1. The Bertz CT molecular complexity index is 560. The number of nitrogens with zero attached hydrogens (tertiary/aromatic N) is 1. The molecule has 1 amide bonds. The van der Waals surface area contributed by atoms with Gasteiger partial charge in [-0.2, -0.15) is 13.2 Å². The molecule has 0 spiro atoms. The molecule has 5 nitrogen and oxygen atoms in total.